The summed E-state index contributed by atoms with van der Waals surface area (Å²) in [5.74, 6) is 0.478. The molecule has 27 heavy (non-hydrogen) atoms. The van der Waals surface area contributed by atoms with E-state index in [9.17, 15) is 14.7 Å². The first-order chi connectivity index (χ1) is 13.0. The lowest BCUT2D eigenvalue weighted by atomic mass is 9.75. The Kier molecular flexibility index (Phi) is 5.94. The maximum Gasteiger partial charge on any atom is 0.329 e. The first-order valence-electron chi connectivity index (χ1n) is 9.57. The summed E-state index contributed by atoms with van der Waals surface area (Å²) in [5, 5.41) is 12.4. The Hall–Kier alpha value is -2.63. The zero-order chi connectivity index (χ0) is 19.3. The summed E-state index contributed by atoms with van der Waals surface area (Å²) in [6.45, 7) is 2.12. The van der Waals surface area contributed by atoms with Gasteiger partial charge in [0.05, 0.1) is 6.20 Å². The molecule has 6 nitrogen and oxygen atoms in total. The lowest BCUT2D eigenvalue weighted by Crippen LogP contribution is -2.56. The van der Waals surface area contributed by atoms with Gasteiger partial charge >= 0.3 is 5.97 Å². The SMILES string of the molecule is CCC1CCC(NC(=O)CCc2ncc(-c3ccccc3)o2)(C(=O)O)CC1. The van der Waals surface area contributed by atoms with Crippen LogP contribution in [0.2, 0.25) is 0 Å². The fraction of sp³-hybridized carbons (Fsp3) is 0.476. The molecule has 0 unspecified atom stereocenters. The standard InChI is InChI=1S/C21H26N2O4/c1-2-15-10-12-21(13-11-15,20(25)26)23-18(24)8-9-19-22-14-17(27-19)16-6-4-3-5-7-16/h3-7,14-15H,2,8-13H2,1H3,(H,23,24)(H,25,26). The molecule has 1 aliphatic rings. The highest BCUT2D eigenvalue weighted by Crippen LogP contribution is 2.34. The quantitative estimate of drug-likeness (QED) is 0.773. The number of carboxylic acids is 1. The second-order valence-corrected chi connectivity index (χ2v) is 7.27. The molecule has 0 aliphatic heterocycles. The zero-order valence-corrected chi connectivity index (χ0v) is 15.6. The summed E-state index contributed by atoms with van der Waals surface area (Å²) in [6, 6.07) is 9.63. The Bertz CT molecular complexity index is 776. The number of amides is 1. The van der Waals surface area contributed by atoms with Gasteiger partial charge in [0.25, 0.3) is 0 Å². The molecule has 0 spiro atoms. The first kappa shape index (κ1) is 19.1. The summed E-state index contributed by atoms with van der Waals surface area (Å²) in [6.07, 6.45) is 5.85. The van der Waals surface area contributed by atoms with Gasteiger partial charge in [0.15, 0.2) is 11.7 Å². The zero-order valence-electron chi connectivity index (χ0n) is 15.6. The second-order valence-electron chi connectivity index (χ2n) is 7.27. The van der Waals surface area contributed by atoms with E-state index in [1.165, 1.54) is 0 Å². The van der Waals surface area contributed by atoms with Crippen molar-refractivity contribution >= 4 is 11.9 Å². The molecule has 2 aromatic rings. The molecule has 6 heteroatoms. The Morgan fingerprint density at radius 3 is 2.59 bits per heavy atom. The van der Waals surface area contributed by atoms with Gasteiger partial charge in [0.1, 0.15) is 5.54 Å². The van der Waals surface area contributed by atoms with Crippen LogP contribution in [0.3, 0.4) is 0 Å². The fourth-order valence-corrected chi connectivity index (χ4v) is 3.68. The average molecular weight is 370 g/mol. The molecule has 1 amide bonds. The fourth-order valence-electron chi connectivity index (χ4n) is 3.68. The molecular weight excluding hydrogens is 344 g/mol. The average Bonchev–Trinajstić information content (AvgIpc) is 3.17. The highest BCUT2D eigenvalue weighted by Gasteiger charge is 2.42. The number of carbonyl (C=O) groups excluding carboxylic acids is 1. The van der Waals surface area contributed by atoms with Crippen molar-refractivity contribution in [1.29, 1.82) is 0 Å². The maximum atomic E-state index is 12.4. The van der Waals surface area contributed by atoms with E-state index < -0.39 is 11.5 Å². The number of oxazole rings is 1. The lowest BCUT2D eigenvalue weighted by molar-refractivity contribution is -0.149. The highest BCUT2D eigenvalue weighted by molar-refractivity contribution is 5.87. The van der Waals surface area contributed by atoms with Crippen LogP contribution in [0.15, 0.2) is 40.9 Å². The largest absolute Gasteiger partial charge is 0.480 e. The third kappa shape index (κ3) is 4.56. The Morgan fingerprint density at radius 2 is 1.96 bits per heavy atom. The molecule has 1 saturated carbocycles. The number of rotatable bonds is 7. The van der Waals surface area contributed by atoms with Crippen LogP contribution in [0, 0.1) is 5.92 Å². The third-order valence-electron chi connectivity index (χ3n) is 5.50. The minimum absolute atomic E-state index is 0.154. The van der Waals surface area contributed by atoms with Gasteiger partial charge in [0.2, 0.25) is 5.91 Å². The molecule has 0 bridgehead atoms. The van der Waals surface area contributed by atoms with Gasteiger partial charge in [-0.05, 0) is 31.6 Å². The molecule has 1 aliphatic carbocycles. The van der Waals surface area contributed by atoms with Gasteiger partial charge in [-0.25, -0.2) is 9.78 Å². The van der Waals surface area contributed by atoms with Crippen molar-refractivity contribution in [3.63, 3.8) is 0 Å². The number of aromatic nitrogens is 1. The predicted octanol–water partition coefficient (Wildman–Crippen LogP) is 3.81. The van der Waals surface area contributed by atoms with Crippen molar-refractivity contribution in [1.82, 2.24) is 10.3 Å². The topological polar surface area (TPSA) is 92.4 Å². The summed E-state index contributed by atoms with van der Waals surface area (Å²) in [4.78, 5) is 28.4. The Labute approximate surface area is 159 Å². The van der Waals surface area contributed by atoms with Gasteiger partial charge in [-0.3, -0.25) is 4.79 Å². The molecule has 1 heterocycles. The molecule has 2 N–H and O–H groups in total. The van der Waals surface area contributed by atoms with E-state index in [2.05, 4.69) is 17.2 Å². The first-order valence-corrected chi connectivity index (χ1v) is 9.57. The molecule has 1 aromatic carbocycles. The van der Waals surface area contributed by atoms with Crippen molar-refractivity contribution in [2.75, 3.05) is 0 Å². The Morgan fingerprint density at radius 1 is 1.26 bits per heavy atom. The number of nitrogens with one attached hydrogen (secondary N) is 1. The molecule has 0 saturated heterocycles. The van der Waals surface area contributed by atoms with Crippen molar-refractivity contribution in [2.45, 2.75) is 57.4 Å². The number of carboxylic acid groups (broad SMARTS) is 1. The maximum absolute atomic E-state index is 12.4. The predicted molar refractivity (Wildman–Crippen MR) is 101 cm³/mol. The number of nitrogens with zero attached hydrogens (tertiary/aromatic N) is 1. The molecule has 1 fully saturated rings. The smallest absolute Gasteiger partial charge is 0.329 e. The van der Waals surface area contributed by atoms with Crippen LogP contribution in [-0.2, 0) is 16.0 Å². The van der Waals surface area contributed by atoms with Crippen LogP contribution >= 0.6 is 0 Å². The van der Waals surface area contributed by atoms with Crippen LogP contribution in [0.1, 0.15) is 51.3 Å². The van der Waals surface area contributed by atoms with Crippen LogP contribution in [-0.4, -0.2) is 27.5 Å². The third-order valence-corrected chi connectivity index (χ3v) is 5.50. The van der Waals surface area contributed by atoms with Crippen LogP contribution < -0.4 is 5.32 Å². The van der Waals surface area contributed by atoms with Crippen molar-refractivity contribution < 1.29 is 19.1 Å². The van der Waals surface area contributed by atoms with Gasteiger partial charge in [-0.1, -0.05) is 43.7 Å². The second kappa shape index (κ2) is 8.37. The van der Waals surface area contributed by atoms with E-state index in [4.69, 9.17) is 4.42 Å². The summed E-state index contributed by atoms with van der Waals surface area (Å²) >= 11 is 0. The van der Waals surface area contributed by atoms with E-state index in [-0.39, 0.29) is 12.3 Å². The number of hydrogen-bond donors (Lipinski definition) is 2. The molecule has 3 rings (SSSR count). The molecule has 144 valence electrons. The highest BCUT2D eigenvalue weighted by atomic mass is 16.4. The normalized spacial score (nSPS) is 22.3. The number of carbonyl (C=O) groups is 2. The summed E-state index contributed by atoms with van der Waals surface area (Å²) < 4.78 is 5.70. The summed E-state index contributed by atoms with van der Waals surface area (Å²) in [7, 11) is 0. The van der Waals surface area contributed by atoms with E-state index in [1.54, 1.807) is 6.20 Å². The van der Waals surface area contributed by atoms with Crippen molar-refractivity contribution in [2.24, 2.45) is 5.92 Å². The molecule has 0 atom stereocenters. The lowest BCUT2D eigenvalue weighted by Gasteiger charge is -2.37. The van der Waals surface area contributed by atoms with Gasteiger partial charge in [-0.15, -0.1) is 0 Å². The minimum Gasteiger partial charge on any atom is -0.480 e. The van der Waals surface area contributed by atoms with E-state index in [0.29, 0.717) is 36.8 Å². The van der Waals surface area contributed by atoms with Crippen LogP contribution in [0.5, 0.6) is 0 Å². The van der Waals surface area contributed by atoms with Crippen LogP contribution in [0.4, 0.5) is 0 Å². The van der Waals surface area contributed by atoms with Crippen LogP contribution in [0.25, 0.3) is 11.3 Å². The van der Waals surface area contributed by atoms with E-state index in [1.807, 2.05) is 30.3 Å². The molecule has 1 aromatic heterocycles. The van der Waals surface area contributed by atoms with Gasteiger partial charge in [0, 0.05) is 18.4 Å². The summed E-state index contributed by atoms with van der Waals surface area (Å²) in [5.41, 5.74) is -0.202. The number of aryl methyl sites for hydroxylation is 1. The van der Waals surface area contributed by atoms with Gasteiger partial charge in [-0.2, -0.15) is 0 Å². The number of benzene rings is 1. The number of aliphatic carboxylic acids is 1. The Balaban J connectivity index is 1.56. The minimum atomic E-state index is -1.13. The van der Waals surface area contributed by atoms with E-state index >= 15 is 0 Å². The monoisotopic (exact) mass is 370 g/mol. The van der Waals surface area contributed by atoms with Crippen molar-refractivity contribution in [3.8, 4) is 11.3 Å². The van der Waals surface area contributed by atoms with Crippen molar-refractivity contribution in [3.05, 3.63) is 42.4 Å². The number of hydrogen-bond acceptors (Lipinski definition) is 4. The molecular formula is C21H26N2O4. The van der Waals surface area contributed by atoms with Gasteiger partial charge < -0.3 is 14.8 Å². The van der Waals surface area contributed by atoms with E-state index in [0.717, 1.165) is 24.8 Å². The molecule has 0 radical (unpaired) electrons.